The van der Waals surface area contributed by atoms with Crippen LogP contribution in [0.2, 0.25) is 0 Å². The monoisotopic (exact) mass is 262 g/mol. The number of rotatable bonds is 4. The van der Waals surface area contributed by atoms with Gasteiger partial charge < -0.3 is 9.47 Å². The third-order valence-corrected chi connectivity index (χ3v) is 3.65. The number of halogens is 1. The Morgan fingerprint density at radius 2 is 1.65 bits per heavy atom. The Hall–Kier alpha value is -0.770. The summed E-state index contributed by atoms with van der Waals surface area (Å²) >= 11 is 0. The molecular weight excluding hydrogens is 244 g/mol. The van der Waals surface area contributed by atoms with Crippen LogP contribution in [0.15, 0.2) is 0 Å². The molecule has 4 atom stereocenters. The first kappa shape index (κ1) is 14.3. The number of carbonyl (C=O) groups excluding carboxylic acids is 2. The van der Waals surface area contributed by atoms with Gasteiger partial charge in [-0.15, -0.1) is 12.4 Å². The van der Waals surface area contributed by atoms with Crippen molar-refractivity contribution in [3.8, 4) is 0 Å². The summed E-state index contributed by atoms with van der Waals surface area (Å²) in [4.78, 5) is 23.2. The summed E-state index contributed by atoms with van der Waals surface area (Å²) < 4.78 is 10.0. The summed E-state index contributed by atoms with van der Waals surface area (Å²) in [6.07, 6.45) is 1.82. The SMILES string of the molecule is CCOC(=O)C1CCC2C(C(=O)OCC)C12.Cl. The third kappa shape index (κ3) is 2.57. The number of ether oxygens (including phenoxy) is 2. The topological polar surface area (TPSA) is 52.6 Å². The Bertz CT molecular complexity index is 305. The van der Waals surface area contributed by atoms with Gasteiger partial charge >= 0.3 is 11.9 Å². The van der Waals surface area contributed by atoms with Crippen molar-refractivity contribution < 1.29 is 19.1 Å². The van der Waals surface area contributed by atoms with Gasteiger partial charge in [-0.1, -0.05) is 0 Å². The van der Waals surface area contributed by atoms with Gasteiger partial charge in [0.25, 0.3) is 0 Å². The predicted octanol–water partition coefficient (Wildman–Crippen LogP) is 1.81. The molecule has 0 spiro atoms. The van der Waals surface area contributed by atoms with Gasteiger partial charge in [0.15, 0.2) is 0 Å². The highest BCUT2D eigenvalue weighted by molar-refractivity contribution is 5.85. The molecule has 0 N–H and O–H groups in total. The van der Waals surface area contributed by atoms with Crippen LogP contribution in [0.3, 0.4) is 0 Å². The van der Waals surface area contributed by atoms with Crippen molar-refractivity contribution in [1.82, 2.24) is 0 Å². The van der Waals surface area contributed by atoms with Crippen molar-refractivity contribution in [1.29, 1.82) is 0 Å². The van der Waals surface area contributed by atoms with E-state index in [9.17, 15) is 9.59 Å². The Morgan fingerprint density at radius 1 is 1.06 bits per heavy atom. The molecule has 2 aliphatic carbocycles. The zero-order valence-electron chi connectivity index (χ0n) is 10.2. The first-order valence-electron chi connectivity index (χ1n) is 6.04. The quantitative estimate of drug-likeness (QED) is 0.725. The van der Waals surface area contributed by atoms with Crippen molar-refractivity contribution in [2.24, 2.45) is 23.7 Å². The largest absolute Gasteiger partial charge is 0.466 e. The van der Waals surface area contributed by atoms with E-state index < -0.39 is 0 Å². The summed E-state index contributed by atoms with van der Waals surface area (Å²) in [6.45, 7) is 4.44. The molecule has 0 saturated heterocycles. The van der Waals surface area contributed by atoms with Crippen molar-refractivity contribution in [3.63, 3.8) is 0 Å². The van der Waals surface area contributed by atoms with Crippen molar-refractivity contribution >= 4 is 24.3 Å². The molecule has 4 unspecified atom stereocenters. The summed E-state index contributed by atoms with van der Waals surface area (Å²) in [6, 6.07) is 0. The Balaban J connectivity index is 0.00000144. The molecular formula is C12H19ClO4. The predicted molar refractivity (Wildman–Crippen MR) is 63.7 cm³/mol. The molecule has 17 heavy (non-hydrogen) atoms. The summed E-state index contributed by atoms with van der Waals surface area (Å²) in [5, 5.41) is 0. The molecule has 5 heteroatoms. The summed E-state index contributed by atoms with van der Waals surface area (Å²) in [5.74, 6) is 0.183. The average Bonchev–Trinajstić information content (AvgIpc) is 2.80. The standard InChI is InChI=1S/C12H18O4.ClH/c1-3-15-11(13)8-6-5-7-9(8)10(7)12(14)16-4-2;/h7-10H,3-6H2,1-2H3;1H. The van der Waals surface area contributed by atoms with E-state index in [2.05, 4.69) is 0 Å². The maximum atomic E-state index is 11.6. The highest BCUT2D eigenvalue weighted by atomic mass is 35.5. The Morgan fingerprint density at radius 3 is 2.24 bits per heavy atom. The molecule has 0 aromatic rings. The molecule has 2 saturated carbocycles. The minimum atomic E-state index is -0.137. The minimum Gasteiger partial charge on any atom is -0.466 e. The molecule has 2 fully saturated rings. The maximum absolute atomic E-state index is 11.6. The van der Waals surface area contributed by atoms with Crippen LogP contribution in [0.1, 0.15) is 26.7 Å². The second-order valence-corrected chi connectivity index (χ2v) is 4.45. The van der Waals surface area contributed by atoms with Gasteiger partial charge in [-0.2, -0.15) is 0 Å². The van der Waals surface area contributed by atoms with Gasteiger partial charge in [0.2, 0.25) is 0 Å². The lowest BCUT2D eigenvalue weighted by molar-refractivity contribution is -0.150. The summed E-state index contributed by atoms with van der Waals surface area (Å²) in [7, 11) is 0. The molecule has 0 amide bonds. The van der Waals surface area contributed by atoms with E-state index in [1.54, 1.807) is 13.8 Å². The lowest BCUT2D eigenvalue weighted by atomic mass is 10.0. The second kappa shape index (κ2) is 5.71. The van der Waals surface area contributed by atoms with Crippen molar-refractivity contribution in [2.75, 3.05) is 13.2 Å². The molecule has 4 nitrogen and oxygen atoms in total. The maximum Gasteiger partial charge on any atom is 0.309 e. The second-order valence-electron chi connectivity index (χ2n) is 4.45. The number of esters is 2. The van der Waals surface area contributed by atoms with E-state index in [0.29, 0.717) is 19.1 Å². The van der Waals surface area contributed by atoms with Gasteiger partial charge in [0.05, 0.1) is 25.0 Å². The van der Waals surface area contributed by atoms with E-state index in [-0.39, 0.29) is 42.1 Å². The zero-order valence-corrected chi connectivity index (χ0v) is 11.0. The van der Waals surface area contributed by atoms with E-state index in [1.807, 2.05) is 0 Å². The smallest absolute Gasteiger partial charge is 0.309 e. The van der Waals surface area contributed by atoms with Gasteiger partial charge in [-0.25, -0.2) is 0 Å². The number of hydrogen-bond acceptors (Lipinski definition) is 4. The van der Waals surface area contributed by atoms with Crippen LogP contribution in [0.5, 0.6) is 0 Å². The lowest BCUT2D eigenvalue weighted by Crippen LogP contribution is -2.21. The van der Waals surface area contributed by atoms with Gasteiger partial charge in [-0.3, -0.25) is 9.59 Å². The van der Waals surface area contributed by atoms with E-state index in [4.69, 9.17) is 9.47 Å². The van der Waals surface area contributed by atoms with E-state index >= 15 is 0 Å². The Kier molecular flexibility index (Phi) is 4.80. The first-order chi connectivity index (χ1) is 7.70. The minimum absolute atomic E-state index is 0. The normalized spacial score (nSPS) is 33.3. The molecule has 2 rings (SSSR count). The lowest BCUT2D eigenvalue weighted by Gasteiger charge is -2.12. The molecule has 0 aromatic heterocycles. The molecule has 0 aromatic carbocycles. The third-order valence-electron chi connectivity index (χ3n) is 3.65. The van der Waals surface area contributed by atoms with Crippen molar-refractivity contribution in [3.05, 3.63) is 0 Å². The van der Waals surface area contributed by atoms with Gasteiger partial charge in [0.1, 0.15) is 0 Å². The van der Waals surface area contributed by atoms with Crippen LogP contribution >= 0.6 is 12.4 Å². The first-order valence-corrected chi connectivity index (χ1v) is 6.04. The molecule has 0 radical (unpaired) electrons. The highest BCUT2D eigenvalue weighted by Gasteiger charge is 2.64. The fraction of sp³-hybridized carbons (Fsp3) is 0.833. The fourth-order valence-corrected chi connectivity index (χ4v) is 2.98. The Labute approximate surface area is 107 Å². The van der Waals surface area contributed by atoms with Crippen LogP contribution < -0.4 is 0 Å². The number of fused-ring (bicyclic) bond motifs is 1. The fourth-order valence-electron chi connectivity index (χ4n) is 2.98. The molecule has 2 aliphatic rings. The molecule has 0 heterocycles. The number of hydrogen-bond donors (Lipinski definition) is 0. The highest BCUT2D eigenvalue weighted by Crippen LogP contribution is 2.61. The van der Waals surface area contributed by atoms with Gasteiger partial charge in [-0.05, 0) is 38.5 Å². The molecule has 98 valence electrons. The van der Waals surface area contributed by atoms with Crippen LogP contribution in [0.4, 0.5) is 0 Å². The molecule has 0 bridgehead atoms. The van der Waals surface area contributed by atoms with Gasteiger partial charge in [0, 0.05) is 0 Å². The van der Waals surface area contributed by atoms with E-state index in [0.717, 1.165) is 12.8 Å². The van der Waals surface area contributed by atoms with Crippen molar-refractivity contribution in [2.45, 2.75) is 26.7 Å². The van der Waals surface area contributed by atoms with Crippen LogP contribution in [-0.2, 0) is 19.1 Å². The van der Waals surface area contributed by atoms with Crippen LogP contribution in [0, 0.1) is 23.7 Å². The van der Waals surface area contributed by atoms with E-state index in [1.165, 1.54) is 0 Å². The van der Waals surface area contributed by atoms with Crippen LogP contribution in [-0.4, -0.2) is 25.2 Å². The van der Waals surface area contributed by atoms with Crippen LogP contribution in [0.25, 0.3) is 0 Å². The average molecular weight is 263 g/mol. The number of carbonyl (C=O) groups is 2. The summed E-state index contributed by atoms with van der Waals surface area (Å²) in [5.41, 5.74) is 0. The zero-order chi connectivity index (χ0) is 11.7. The molecule has 0 aliphatic heterocycles.